The molecule has 0 saturated heterocycles. The molecule has 0 bridgehead atoms. The predicted octanol–water partition coefficient (Wildman–Crippen LogP) is 1.81. The van der Waals surface area contributed by atoms with E-state index in [9.17, 15) is 13.2 Å². The first kappa shape index (κ1) is 16.3. The van der Waals surface area contributed by atoms with Crippen LogP contribution in [0.15, 0.2) is 4.99 Å². The van der Waals surface area contributed by atoms with Gasteiger partial charge in [-0.3, -0.25) is 4.99 Å². The third-order valence-electron chi connectivity index (χ3n) is 2.03. The molecule has 0 aliphatic heterocycles. The second-order valence-corrected chi connectivity index (χ2v) is 7.87. The number of hydrogen-bond acceptors (Lipinski definition) is 1. The molecule has 0 spiro atoms. The molecule has 0 aromatic carbocycles. The quantitative estimate of drug-likeness (QED) is 0.440. The number of alkyl halides is 3. The normalized spacial score (nSPS) is 13.1. The van der Waals surface area contributed by atoms with Crippen LogP contribution in [0, 0.1) is 0 Å². The maximum absolute atomic E-state index is 12.0. The van der Waals surface area contributed by atoms with E-state index in [1.165, 1.54) is 0 Å². The Labute approximate surface area is 103 Å². The van der Waals surface area contributed by atoms with E-state index in [-0.39, 0.29) is 6.54 Å². The molecule has 102 valence electrons. The molecule has 17 heavy (non-hydrogen) atoms. The topological polar surface area (TPSA) is 18.8 Å². The van der Waals surface area contributed by atoms with Gasteiger partial charge in [-0.05, 0) is 0 Å². The average molecular weight is 269 g/mol. The molecule has 0 unspecified atom stereocenters. The van der Waals surface area contributed by atoms with Crippen LogP contribution in [0.25, 0.3) is 0 Å². The molecule has 0 amide bonds. The Bertz CT molecular complexity index is 252. The number of rotatable bonds is 4. The Kier molecular flexibility index (Phi) is 6.59. The summed E-state index contributed by atoms with van der Waals surface area (Å²) in [4.78, 5) is 7.73. The van der Waals surface area contributed by atoms with Crippen LogP contribution in [0.2, 0.25) is 13.1 Å². The number of guanidine groups is 1. The lowest BCUT2D eigenvalue weighted by Gasteiger charge is -2.27. The van der Waals surface area contributed by atoms with Gasteiger partial charge in [0.15, 0.2) is 5.96 Å². The Morgan fingerprint density at radius 1 is 1.18 bits per heavy atom. The number of aliphatic imine (C=N–C) groups is 1. The highest BCUT2D eigenvalue weighted by molar-refractivity contribution is 6.56. The van der Waals surface area contributed by atoms with Crippen LogP contribution in [-0.2, 0) is 0 Å². The SMILES string of the molecule is CN(C)C(=NCCC(F)(F)F)N(C)C[SiH](C)C. The van der Waals surface area contributed by atoms with Crippen molar-refractivity contribution in [1.29, 1.82) is 0 Å². The molecule has 7 heteroatoms. The summed E-state index contributed by atoms with van der Waals surface area (Å²) >= 11 is 0. The highest BCUT2D eigenvalue weighted by Gasteiger charge is 2.26. The van der Waals surface area contributed by atoms with Crippen LogP contribution < -0.4 is 0 Å². The lowest BCUT2D eigenvalue weighted by atomic mass is 10.4. The average Bonchev–Trinajstić information content (AvgIpc) is 2.08. The van der Waals surface area contributed by atoms with E-state index >= 15 is 0 Å². The summed E-state index contributed by atoms with van der Waals surface area (Å²) < 4.78 is 36.1. The Morgan fingerprint density at radius 3 is 2.06 bits per heavy atom. The second-order valence-electron chi connectivity index (χ2n) is 4.72. The maximum atomic E-state index is 12.0. The van der Waals surface area contributed by atoms with E-state index in [4.69, 9.17) is 0 Å². The molecule has 0 atom stereocenters. The summed E-state index contributed by atoms with van der Waals surface area (Å²) in [5.41, 5.74) is 0. The second kappa shape index (κ2) is 6.88. The summed E-state index contributed by atoms with van der Waals surface area (Å²) in [6, 6.07) is 0. The molecule has 0 saturated carbocycles. The standard InChI is InChI=1S/C10H22F3N3Si/c1-15(2)9(16(3)8-17(4)5)14-7-6-10(11,12)13/h17H,6-8H2,1-5H3. The van der Waals surface area contributed by atoms with Crippen molar-refractivity contribution in [3.63, 3.8) is 0 Å². The molecular formula is C10H22F3N3Si. The maximum Gasteiger partial charge on any atom is 0.390 e. The first-order chi connectivity index (χ1) is 7.63. The van der Waals surface area contributed by atoms with Gasteiger partial charge < -0.3 is 9.80 Å². The van der Waals surface area contributed by atoms with Crippen molar-refractivity contribution in [2.24, 2.45) is 4.99 Å². The largest absolute Gasteiger partial charge is 0.390 e. The fourth-order valence-corrected chi connectivity index (χ4v) is 2.77. The molecule has 0 heterocycles. The smallest absolute Gasteiger partial charge is 0.349 e. The van der Waals surface area contributed by atoms with Crippen LogP contribution in [0.4, 0.5) is 13.2 Å². The van der Waals surface area contributed by atoms with Gasteiger partial charge in [-0.15, -0.1) is 0 Å². The van der Waals surface area contributed by atoms with E-state index in [1.807, 2.05) is 11.9 Å². The molecule has 0 N–H and O–H groups in total. The fourth-order valence-electron chi connectivity index (χ4n) is 1.52. The Morgan fingerprint density at radius 2 is 1.71 bits per heavy atom. The van der Waals surface area contributed by atoms with E-state index < -0.39 is 21.4 Å². The first-order valence-electron chi connectivity index (χ1n) is 5.63. The zero-order chi connectivity index (χ0) is 13.6. The van der Waals surface area contributed by atoms with Crippen LogP contribution >= 0.6 is 0 Å². The molecular weight excluding hydrogens is 247 g/mol. The minimum absolute atomic E-state index is 0.207. The molecule has 0 radical (unpaired) electrons. The number of halogens is 3. The first-order valence-corrected chi connectivity index (χ1v) is 8.75. The van der Waals surface area contributed by atoms with Crippen LogP contribution in [0.3, 0.4) is 0 Å². The monoisotopic (exact) mass is 269 g/mol. The van der Waals surface area contributed by atoms with E-state index in [0.717, 1.165) is 6.17 Å². The van der Waals surface area contributed by atoms with Gasteiger partial charge in [0.25, 0.3) is 0 Å². The van der Waals surface area contributed by atoms with Crippen LogP contribution in [0.5, 0.6) is 0 Å². The van der Waals surface area contributed by atoms with E-state index in [2.05, 4.69) is 18.1 Å². The van der Waals surface area contributed by atoms with E-state index in [1.54, 1.807) is 19.0 Å². The van der Waals surface area contributed by atoms with Crippen molar-refractivity contribution in [3.8, 4) is 0 Å². The Hall–Kier alpha value is -0.723. The summed E-state index contributed by atoms with van der Waals surface area (Å²) in [5, 5.41) is 0. The van der Waals surface area contributed by atoms with Gasteiger partial charge in [0.2, 0.25) is 0 Å². The molecule has 0 fully saturated rings. The van der Waals surface area contributed by atoms with E-state index in [0.29, 0.717) is 5.96 Å². The zero-order valence-electron chi connectivity index (χ0n) is 11.2. The van der Waals surface area contributed by atoms with Crippen LogP contribution in [-0.4, -0.2) is 64.6 Å². The minimum atomic E-state index is -4.13. The predicted molar refractivity (Wildman–Crippen MR) is 68.2 cm³/mol. The van der Waals surface area contributed by atoms with Gasteiger partial charge in [-0.1, -0.05) is 13.1 Å². The molecule has 0 aromatic rings. The molecule has 3 nitrogen and oxygen atoms in total. The lowest BCUT2D eigenvalue weighted by molar-refractivity contribution is -0.132. The number of hydrogen-bond donors (Lipinski definition) is 0. The van der Waals surface area contributed by atoms with Crippen LogP contribution in [0.1, 0.15) is 6.42 Å². The molecule has 0 aromatic heterocycles. The van der Waals surface area contributed by atoms with Crippen molar-refractivity contribution >= 4 is 14.8 Å². The number of nitrogens with zero attached hydrogens (tertiary/aromatic N) is 3. The highest BCUT2D eigenvalue weighted by atomic mass is 28.3. The van der Waals surface area contributed by atoms with Crippen molar-refractivity contribution in [2.75, 3.05) is 33.9 Å². The summed E-state index contributed by atoms with van der Waals surface area (Å²) in [7, 11) is 4.67. The third kappa shape index (κ3) is 8.06. The minimum Gasteiger partial charge on any atom is -0.349 e. The summed E-state index contributed by atoms with van der Waals surface area (Å²) in [5.74, 6) is 0.621. The highest BCUT2D eigenvalue weighted by Crippen LogP contribution is 2.19. The molecule has 0 rings (SSSR count). The van der Waals surface area contributed by atoms with Gasteiger partial charge in [-0.2, -0.15) is 13.2 Å². The van der Waals surface area contributed by atoms with Crippen molar-refractivity contribution in [2.45, 2.75) is 25.7 Å². The Balaban J connectivity index is 4.46. The van der Waals surface area contributed by atoms with Gasteiger partial charge in [0, 0.05) is 27.3 Å². The van der Waals surface area contributed by atoms with Crippen molar-refractivity contribution < 1.29 is 13.2 Å². The van der Waals surface area contributed by atoms with Crippen molar-refractivity contribution in [3.05, 3.63) is 0 Å². The van der Waals surface area contributed by atoms with Gasteiger partial charge in [0.1, 0.15) is 0 Å². The fraction of sp³-hybridized carbons (Fsp3) is 0.900. The zero-order valence-corrected chi connectivity index (χ0v) is 12.3. The van der Waals surface area contributed by atoms with Gasteiger partial charge in [-0.25, -0.2) is 0 Å². The van der Waals surface area contributed by atoms with Crippen molar-refractivity contribution in [1.82, 2.24) is 9.80 Å². The molecule has 0 aliphatic carbocycles. The lowest BCUT2D eigenvalue weighted by Crippen LogP contribution is -2.42. The molecule has 0 aliphatic rings. The third-order valence-corrected chi connectivity index (χ3v) is 3.31. The summed E-state index contributed by atoms with van der Waals surface area (Å²) in [6.45, 7) is 4.18. The van der Waals surface area contributed by atoms with Gasteiger partial charge in [0.05, 0.1) is 21.8 Å². The summed E-state index contributed by atoms with van der Waals surface area (Å²) in [6.07, 6.45) is -4.09. The van der Waals surface area contributed by atoms with Gasteiger partial charge >= 0.3 is 6.18 Å².